The van der Waals surface area contributed by atoms with Gasteiger partial charge in [-0.3, -0.25) is 9.48 Å². The highest BCUT2D eigenvalue weighted by atomic mass is 16.1. The molecule has 0 aliphatic carbocycles. The molecule has 0 saturated heterocycles. The molecular weight excluding hydrogens is 164 g/mol. The Kier molecular flexibility index (Phi) is 1.77. The minimum absolute atomic E-state index is 0.00574. The van der Waals surface area contributed by atoms with Crippen LogP contribution in [0.1, 0.15) is 0 Å². The smallest absolute Gasteiger partial charge is 0.274 e. The third-order valence-electron chi connectivity index (χ3n) is 2.02. The highest BCUT2D eigenvalue weighted by Gasteiger charge is 2.04. The van der Waals surface area contributed by atoms with Crippen molar-refractivity contribution < 1.29 is 0 Å². The zero-order valence-corrected chi connectivity index (χ0v) is 7.32. The van der Waals surface area contributed by atoms with Gasteiger partial charge in [0.15, 0.2) is 0 Å². The summed E-state index contributed by atoms with van der Waals surface area (Å²) in [6, 6.07) is 9.61. The molecule has 1 aromatic carbocycles. The summed E-state index contributed by atoms with van der Waals surface area (Å²) < 4.78 is 1.46. The lowest BCUT2D eigenvalue weighted by atomic mass is 10.1. The number of rotatable bonds is 1. The van der Waals surface area contributed by atoms with E-state index < -0.39 is 0 Å². The van der Waals surface area contributed by atoms with Gasteiger partial charge in [0, 0.05) is 13.2 Å². The van der Waals surface area contributed by atoms with Crippen molar-refractivity contribution in [2.24, 2.45) is 7.05 Å². The van der Waals surface area contributed by atoms with E-state index in [4.69, 9.17) is 0 Å². The molecule has 1 aromatic heterocycles. The zero-order valence-electron chi connectivity index (χ0n) is 7.32. The lowest BCUT2D eigenvalue weighted by Crippen LogP contribution is -2.12. The number of aryl methyl sites for hydroxylation is 1. The summed E-state index contributed by atoms with van der Waals surface area (Å²) in [5, 5.41) is 2.84. The van der Waals surface area contributed by atoms with Gasteiger partial charge in [-0.2, -0.15) is 0 Å². The van der Waals surface area contributed by atoms with Crippen molar-refractivity contribution in [3.8, 4) is 11.1 Å². The third kappa shape index (κ3) is 1.28. The van der Waals surface area contributed by atoms with Gasteiger partial charge in [-0.1, -0.05) is 30.3 Å². The Balaban J connectivity index is 2.60. The molecule has 3 heteroatoms. The van der Waals surface area contributed by atoms with Crippen LogP contribution < -0.4 is 5.56 Å². The van der Waals surface area contributed by atoms with Crippen LogP contribution >= 0.6 is 0 Å². The van der Waals surface area contributed by atoms with Gasteiger partial charge in [0.25, 0.3) is 5.56 Å². The standard InChI is InChI=1S/C10H10N2O/c1-12-10(13)9(7-11-12)8-5-3-2-4-6-8/h2-7,11H,1H3. The predicted octanol–water partition coefficient (Wildman–Crippen LogP) is 1.38. The highest BCUT2D eigenvalue weighted by molar-refractivity contribution is 5.61. The number of hydrogen-bond donors (Lipinski definition) is 1. The molecule has 2 aromatic rings. The van der Waals surface area contributed by atoms with E-state index in [1.807, 2.05) is 30.3 Å². The van der Waals surface area contributed by atoms with Gasteiger partial charge in [-0.05, 0) is 5.56 Å². The fourth-order valence-electron chi connectivity index (χ4n) is 1.29. The summed E-state index contributed by atoms with van der Waals surface area (Å²) in [7, 11) is 1.70. The Morgan fingerprint density at radius 1 is 1.23 bits per heavy atom. The molecule has 0 amide bonds. The molecule has 0 spiro atoms. The van der Waals surface area contributed by atoms with Crippen molar-refractivity contribution in [3.63, 3.8) is 0 Å². The minimum Gasteiger partial charge on any atom is -0.303 e. The van der Waals surface area contributed by atoms with Crippen LogP contribution in [0.15, 0.2) is 41.3 Å². The van der Waals surface area contributed by atoms with Crippen molar-refractivity contribution in [1.29, 1.82) is 0 Å². The first-order valence-electron chi connectivity index (χ1n) is 4.09. The second-order valence-corrected chi connectivity index (χ2v) is 2.92. The molecule has 0 unspecified atom stereocenters. The van der Waals surface area contributed by atoms with Crippen LogP contribution in [0.4, 0.5) is 0 Å². The van der Waals surface area contributed by atoms with Crippen LogP contribution in [0.3, 0.4) is 0 Å². The van der Waals surface area contributed by atoms with Crippen LogP contribution in [0.5, 0.6) is 0 Å². The Hall–Kier alpha value is -1.77. The summed E-state index contributed by atoms with van der Waals surface area (Å²) in [6.07, 6.45) is 1.72. The molecule has 1 N–H and O–H groups in total. The first-order valence-corrected chi connectivity index (χ1v) is 4.09. The van der Waals surface area contributed by atoms with Gasteiger partial charge in [0.1, 0.15) is 0 Å². The maximum absolute atomic E-state index is 11.5. The quantitative estimate of drug-likeness (QED) is 0.696. The van der Waals surface area contributed by atoms with Gasteiger partial charge >= 0.3 is 0 Å². The minimum atomic E-state index is 0.00574. The number of H-pyrrole nitrogens is 1. The largest absolute Gasteiger partial charge is 0.303 e. The molecule has 0 bridgehead atoms. The van der Waals surface area contributed by atoms with Gasteiger partial charge in [0.2, 0.25) is 0 Å². The van der Waals surface area contributed by atoms with E-state index in [-0.39, 0.29) is 5.56 Å². The average Bonchev–Trinajstić information content (AvgIpc) is 2.49. The second kappa shape index (κ2) is 2.94. The van der Waals surface area contributed by atoms with Crippen molar-refractivity contribution >= 4 is 0 Å². The predicted molar refractivity (Wildman–Crippen MR) is 51.5 cm³/mol. The van der Waals surface area contributed by atoms with E-state index in [9.17, 15) is 4.79 Å². The molecule has 0 fully saturated rings. The monoisotopic (exact) mass is 174 g/mol. The van der Waals surface area contributed by atoms with Crippen molar-refractivity contribution in [3.05, 3.63) is 46.9 Å². The third-order valence-corrected chi connectivity index (χ3v) is 2.02. The molecule has 3 nitrogen and oxygen atoms in total. The topological polar surface area (TPSA) is 37.8 Å². The number of nitrogens with one attached hydrogen (secondary N) is 1. The summed E-state index contributed by atoms with van der Waals surface area (Å²) in [6.45, 7) is 0. The first-order chi connectivity index (χ1) is 6.29. The van der Waals surface area contributed by atoms with Crippen LogP contribution in [0.25, 0.3) is 11.1 Å². The van der Waals surface area contributed by atoms with E-state index in [2.05, 4.69) is 5.10 Å². The molecular formula is C10H10N2O. The number of hydrogen-bond acceptors (Lipinski definition) is 1. The fraction of sp³-hybridized carbons (Fsp3) is 0.100. The zero-order chi connectivity index (χ0) is 9.26. The average molecular weight is 174 g/mol. The number of benzene rings is 1. The van der Waals surface area contributed by atoms with Gasteiger partial charge in [0.05, 0.1) is 5.56 Å². The van der Waals surface area contributed by atoms with E-state index in [0.29, 0.717) is 5.56 Å². The molecule has 0 saturated carbocycles. The van der Waals surface area contributed by atoms with Crippen molar-refractivity contribution in [2.75, 3.05) is 0 Å². The summed E-state index contributed by atoms with van der Waals surface area (Å²) in [5.74, 6) is 0. The molecule has 1 heterocycles. The molecule has 0 aliphatic heterocycles. The van der Waals surface area contributed by atoms with E-state index >= 15 is 0 Å². The summed E-state index contributed by atoms with van der Waals surface area (Å²) >= 11 is 0. The van der Waals surface area contributed by atoms with Crippen LogP contribution in [0, 0.1) is 0 Å². The Labute approximate surface area is 75.6 Å². The van der Waals surface area contributed by atoms with Gasteiger partial charge in [-0.15, -0.1) is 0 Å². The maximum Gasteiger partial charge on any atom is 0.274 e. The normalized spacial score (nSPS) is 10.2. The van der Waals surface area contributed by atoms with E-state index in [1.54, 1.807) is 13.2 Å². The number of aromatic nitrogens is 2. The summed E-state index contributed by atoms with van der Waals surface area (Å²) in [4.78, 5) is 11.5. The maximum atomic E-state index is 11.5. The van der Waals surface area contributed by atoms with Crippen LogP contribution in [-0.2, 0) is 7.05 Å². The van der Waals surface area contributed by atoms with Gasteiger partial charge in [-0.25, -0.2) is 0 Å². The Bertz CT molecular complexity index is 453. The number of nitrogens with zero attached hydrogens (tertiary/aromatic N) is 1. The lowest BCUT2D eigenvalue weighted by molar-refractivity contribution is 0.740. The SMILES string of the molecule is Cn1[nH]cc(-c2ccccc2)c1=O. The molecule has 66 valence electrons. The Morgan fingerprint density at radius 2 is 1.92 bits per heavy atom. The molecule has 0 aliphatic rings. The van der Waals surface area contributed by atoms with E-state index in [1.165, 1.54) is 4.68 Å². The van der Waals surface area contributed by atoms with Crippen molar-refractivity contribution in [1.82, 2.24) is 9.78 Å². The Morgan fingerprint density at radius 3 is 2.46 bits per heavy atom. The highest BCUT2D eigenvalue weighted by Crippen LogP contribution is 2.12. The summed E-state index contributed by atoms with van der Waals surface area (Å²) in [5.41, 5.74) is 1.67. The molecule has 0 atom stereocenters. The number of aromatic amines is 1. The van der Waals surface area contributed by atoms with E-state index in [0.717, 1.165) is 5.56 Å². The molecule has 2 rings (SSSR count). The fourth-order valence-corrected chi connectivity index (χ4v) is 1.29. The lowest BCUT2D eigenvalue weighted by Gasteiger charge is -1.92. The van der Waals surface area contributed by atoms with Crippen molar-refractivity contribution in [2.45, 2.75) is 0 Å². The van der Waals surface area contributed by atoms with Gasteiger partial charge < -0.3 is 5.10 Å². The second-order valence-electron chi connectivity index (χ2n) is 2.92. The van der Waals surface area contributed by atoms with Crippen LogP contribution in [-0.4, -0.2) is 9.78 Å². The first kappa shape index (κ1) is 7.86. The van der Waals surface area contributed by atoms with Crippen LogP contribution in [0.2, 0.25) is 0 Å². The molecule has 13 heavy (non-hydrogen) atoms. The molecule has 0 radical (unpaired) electrons.